The minimum absolute atomic E-state index is 0.372. The summed E-state index contributed by atoms with van der Waals surface area (Å²) < 4.78 is 0. The molecular formula is C16H18N2S. The smallest absolute Gasteiger partial charge is 0.105 e. The topological polar surface area (TPSA) is 6.48 Å². The molecule has 98 valence electrons. The van der Waals surface area contributed by atoms with Crippen LogP contribution in [0, 0.1) is 0 Å². The Bertz CT molecular complexity index is 581. The standard InChI is InChI=1S/C16H18N2S/c1-17(2)13-10-7-11-14-15(13)18(3)16(19-14)12-8-5-4-6-9-12/h4-11,16H,1-3H3. The number of hydrogen-bond acceptors (Lipinski definition) is 3. The Kier molecular flexibility index (Phi) is 3.15. The second-order valence-electron chi connectivity index (χ2n) is 5.01. The molecule has 1 unspecified atom stereocenters. The Balaban J connectivity index is 2.03. The van der Waals surface area contributed by atoms with Crippen LogP contribution in [0.15, 0.2) is 53.4 Å². The number of rotatable bonds is 2. The van der Waals surface area contributed by atoms with Crippen molar-refractivity contribution in [2.45, 2.75) is 10.3 Å². The maximum atomic E-state index is 2.38. The fourth-order valence-electron chi connectivity index (χ4n) is 2.55. The third-order valence-corrected chi connectivity index (χ3v) is 4.88. The number of nitrogens with zero attached hydrogens (tertiary/aromatic N) is 2. The van der Waals surface area contributed by atoms with Gasteiger partial charge in [0.2, 0.25) is 0 Å². The van der Waals surface area contributed by atoms with Crippen molar-refractivity contribution >= 4 is 23.1 Å². The van der Waals surface area contributed by atoms with Crippen molar-refractivity contribution in [3.8, 4) is 0 Å². The molecule has 0 amide bonds. The summed E-state index contributed by atoms with van der Waals surface area (Å²) in [5, 5.41) is 0.372. The van der Waals surface area contributed by atoms with E-state index in [4.69, 9.17) is 0 Å². The molecule has 0 saturated heterocycles. The van der Waals surface area contributed by atoms with Gasteiger partial charge in [0.15, 0.2) is 0 Å². The summed E-state index contributed by atoms with van der Waals surface area (Å²) in [5.41, 5.74) is 3.98. The number of thioether (sulfide) groups is 1. The summed E-state index contributed by atoms with van der Waals surface area (Å²) >= 11 is 1.93. The van der Waals surface area contributed by atoms with Gasteiger partial charge < -0.3 is 9.80 Å². The van der Waals surface area contributed by atoms with Crippen LogP contribution >= 0.6 is 11.8 Å². The maximum Gasteiger partial charge on any atom is 0.105 e. The summed E-state index contributed by atoms with van der Waals surface area (Å²) in [6.07, 6.45) is 0. The highest BCUT2D eigenvalue weighted by atomic mass is 32.2. The molecule has 3 rings (SSSR count). The SMILES string of the molecule is CN(C)c1cccc2c1N(C)C(c1ccccc1)S2. The number of hydrogen-bond donors (Lipinski definition) is 0. The van der Waals surface area contributed by atoms with Crippen LogP contribution in [0.1, 0.15) is 10.9 Å². The molecule has 0 aromatic heterocycles. The van der Waals surface area contributed by atoms with Gasteiger partial charge in [0.05, 0.1) is 11.4 Å². The summed E-state index contributed by atoms with van der Waals surface area (Å²) in [5.74, 6) is 0. The molecule has 1 atom stereocenters. The third kappa shape index (κ3) is 2.08. The number of fused-ring (bicyclic) bond motifs is 1. The lowest BCUT2D eigenvalue weighted by molar-refractivity contribution is 0.908. The Morgan fingerprint density at radius 1 is 1.00 bits per heavy atom. The van der Waals surface area contributed by atoms with Gasteiger partial charge in [-0.3, -0.25) is 0 Å². The molecule has 0 fully saturated rings. The molecule has 0 aliphatic carbocycles. The van der Waals surface area contributed by atoms with E-state index in [1.807, 2.05) is 11.8 Å². The molecule has 1 aliphatic heterocycles. The van der Waals surface area contributed by atoms with Gasteiger partial charge in [0.1, 0.15) is 5.37 Å². The maximum absolute atomic E-state index is 2.38. The highest BCUT2D eigenvalue weighted by molar-refractivity contribution is 8.00. The second kappa shape index (κ2) is 4.82. The van der Waals surface area contributed by atoms with Gasteiger partial charge in [-0.25, -0.2) is 0 Å². The van der Waals surface area contributed by atoms with E-state index in [0.717, 1.165) is 0 Å². The first-order valence-electron chi connectivity index (χ1n) is 6.43. The number of para-hydroxylation sites is 1. The van der Waals surface area contributed by atoms with E-state index in [2.05, 4.69) is 79.5 Å². The predicted octanol–water partition coefficient (Wildman–Crippen LogP) is 3.99. The first-order chi connectivity index (χ1) is 9.18. The Labute approximate surface area is 119 Å². The van der Waals surface area contributed by atoms with Crippen LogP contribution in [0.25, 0.3) is 0 Å². The van der Waals surface area contributed by atoms with Crippen molar-refractivity contribution in [3.63, 3.8) is 0 Å². The highest BCUT2D eigenvalue weighted by Crippen LogP contribution is 2.53. The van der Waals surface area contributed by atoms with Gasteiger partial charge >= 0.3 is 0 Å². The quantitative estimate of drug-likeness (QED) is 0.814. The van der Waals surface area contributed by atoms with Gasteiger partial charge in [-0.2, -0.15) is 0 Å². The fourth-order valence-corrected chi connectivity index (χ4v) is 3.86. The van der Waals surface area contributed by atoms with E-state index in [0.29, 0.717) is 5.37 Å². The molecule has 0 radical (unpaired) electrons. The van der Waals surface area contributed by atoms with E-state index in [1.165, 1.54) is 21.8 Å². The predicted molar refractivity (Wildman–Crippen MR) is 84.2 cm³/mol. The Hall–Kier alpha value is -1.61. The van der Waals surface area contributed by atoms with E-state index in [1.54, 1.807) is 0 Å². The van der Waals surface area contributed by atoms with Crippen molar-refractivity contribution < 1.29 is 0 Å². The van der Waals surface area contributed by atoms with Crippen LogP contribution < -0.4 is 9.80 Å². The van der Waals surface area contributed by atoms with Crippen LogP contribution in [0.2, 0.25) is 0 Å². The Morgan fingerprint density at radius 2 is 1.74 bits per heavy atom. The lowest BCUT2D eigenvalue weighted by atomic mass is 10.2. The molecule has 2 nitrogen and oxygen atoms in total. The highest BCUT2D eigenvalue weighted by Gasteiger charge is 2.30. The minimum atomic E-state index is 0.372. The lowest BCUT2D eigenvalue weighted by Gasteiger charge is -2.25. The van der Waals surface area contributed by atoms with Gasteiger partial charge in [-0.15, -0.1) is 0 Å². The normalized spacial score (nSPS) is 17.4. The third-order valence-electron chi connectivity index (χ3n) is 3.49. The average Bonchev–Trinajstić information content (AvgIpc) is 2.77. The van der Waals surface area contributed by atoms with E-state index >= 15 is 0 Å². The van der Waals surface area contributed by atoms with E-state index < -0.39 is 0 Å². The monoisotopic (exact) mass is 270 g/mol. The Morgan fingerprint density at radius 3 is 2.42 bits per heavy atom. The van der Waals surface area contributed by atoms with Gasteiger partial charge in [-0.05, 0) is 17.7 Å². The van der Waals surface area contributed by atoms with Gasteiger partial charge in [0, 0.05) is 26.0 Å². The van der Waals surface area contributed by atoms with Crippen LogP contribution in [0.3, 0.4) is 0 Å². The van der Waals surface area contributed by atoms with Crippen molar-refractivity contribution in [1.82, 2.24) is 0 Å². The molecular weight excluding hydrogens is 252 g/mol. The summed E-state index contributed by atoms with van der Waals surface area (Å²) in [6.45, 7) is 0. The molecule has 2 aromatic carbocycles. The molecule has 3 heteroatoms. The minimum Gasteiger partial charge on any atom is -0.376 e. The van der Waals surface area contributed by atoms with E-state index in [-0.39, 0.29) is 0 Å². The summed E-state index contributed by atoms with van der Waals surface area (Å²) in [7, 11) is 6.39. The largest absolute Gasteiger partial charge is 0.376 e. The first kappa shape index (κ1) is 12.4. The molecule has 1 heterocycles. The van der Waals surface area contributed by atoms with Gasteiger partial charge in [-0.1, -0.05) is 48.2 Å². The number of benzene rings is 2. The van der Waals surface area contributed by atoms with Crippen molar-refractivity contribution in [3.05, 3.63) is 54.1 Å². The van der Waals surface area contributed by atoms with Crippen molar-refractivity contribution in [2.24, 2.45) is 0 Å². The van der Waals surface area contributed by atoms with Gasteiger partial charge in [0.25, 0.3) is 0 Å². The molecule has 0 N–H and O–H groups in total. The molecule has 2 aromatic rings. The van der Waals surface area contributed by atoms with Crippen LogP contribution in [-0.2, 0) is 0 Å². The average molecular weight is 270 g/mol. The molecule has 19 heavy (non-hydrogen) atoms. The zero-order chi connectivity index (χ0) is 13.4. The zero-order valence-electron chi connectivity index (χ0n) is 11.5. The van der Waals surface area contributed by atoms with Crippen molar-refractivity contribution in [1.29, 1.82) is 0 Å². The molecule has 1 aliphatic rings. The van der Waals surface area contributed by atoms with E-state index in [9.17, 15) is 0 Å². The molecule has 0 bridgehead atoms. The molecule has 0 spiro atoms. The summed E-state index contributed by atoms with van der Waals surface area (Å²) in [4.78, 5) is 5.93. The lowest BCUT2D eigenvalue weighted by Crippen LogP contribution is -2.20. The second-order valence-corrected chi connectivity index (χ2v) is 6.13. The number of anilines is 2. The first-order valence-corrected chi connectivity index (χ1v) is 7.31. The van der Waals surface area contributed by atoms with Crippen LogP contribution in [-0.4, -0.2) is 21.1 Å². The van der Waals surface area contributed by atoms with Crippen LogP contribution in [0.4, 0.5) is 11.4 Å². The fraction of sp³-hybridized carbons (Fsp3) is 0.250. The van der Waals surface area contributed by atoms with Crippen LogP contribution in [0.5, 0.6) is 0 Å². The van der Waals surface area contributed by atoms with Crippen molar-refractivity contribution in [2.75, 3.05) is 30.9 Å². The molecule has 0 saturated carbocycles. The summed E-state index contributed by atoms with van der Waals surface area (Å²) in [6, 6.07) is 17.2. The zero-order valence-corrected chi connectivity index (χ0v) is 12.3.